The zero-order valence-corrected chi connectivity index (χ0v) is 15.4. The third-order valence-corrected chi connectivity index (χ3v) is 4.44. The minimum absolute atomic E-state index is 0.178. The van der Waals surface area contributed by atoms with Crippen LogP contribution in [0, 0.1) is 0 Å². The molecule has 2 heterocycles. The molecule has 0 spiro atoms. The SMILES string of the molecule is CCOCCn1c(=O)[nH]c2cc(C(=O)NCc3nc4ccccc4o3)ccc21. The average molecular weight is 380 g/mol. The number of aromatic amines is 1. The van der Waals surface area contributed by atoms with E-state index >= 15 is 0 Å². The van der Waals surface area contributed by atoms with Crippen molar-refractivity contribution in [3.05, 3.63) is 64.4 Å². The maximum absolute atomic E-state index is 12.5. The monoisotopic (exact) mass is 380 g/mol. The van der Waals surface area contributed by atoms with E-state index in [1.165, 1.54) is 0 Å². The molecule has 4 rings (SSSR count). The van der Waals surface area contributed by atoms with Crippen molar-refractivity contribution in [1.82, 2.24) is 19.9 Å². The van der Waals surface area contributed by atoms with Gasteiger partial charge in [0.25, 0.3) is 5.91 Å². The molecule has 0 bridgehead atoms. The minimum Gasteiger partial charge on any atom is -0.439 e. The molecule has 0 saturated carbocycles. The van der Waals surface area contributed by atoms with Crippen LogP contribution in [0.25, 0.3) is 22.1 Å². The molecule has 0 saturated heterocycles. The highest BCUT2D eigenvalue weighted by molar-refractivity contribution is 5.97. The van der Waals surface area contributed by atoms with Gasteiger partial charge in [-0.3, -0.25) is 9.36 Å². The first-order valence-electron chi connectivity index (χ1n) is 9.08. The molecule has 0 aliphatic heterocycles. The van der Waals surface area contributed by atoms with Gasteiger partial charge in [0.2, 0.25) is 5.89 Å². The number of para-hydroxylation sites is 2. The van der Waals surface area contributed by atoms with Crippen LogP contribution in [0.2, 0.25) is 0 Å². The summed E-state index contributed by atoms with van der Waals surface area (Å²) in [7, 11) is 0. The Balaban J connectivity index is 1.48. The van der Waals surface area contributed by atoms with Gasteiger partial charge in [-0.25, -0.2) is 9.78 Å². The fraction of sp³-hybridized carbons (Fsp3) is 0.250. The molecule has 4 aromatic rings. The maximum Gasteiger partial charge on any atom is 0.326 e. The molecule has 0 atom stereocenters. The van der Waals surface area contributed by atoms with Crippen LogP contribution in [0.1, 0.15) is 23.2 Å². The number of imidazole rings is 1. The number of fused-ring (bicyclic) bond motifs is 2. The van der Waals surface area contributed by atoms with E-state index < -0.39 is 0 Å². The Morgan fingerprint density at radius 1 is 1.29 bits per heavy atom. The Labute approximate surface area is 160 Å². The number of H-pyrrole nitrogens is 1. The highest BCUT2D eigenvalue weighted by Crippen LogP contribution is 2.15. The summed E-state index contributed by atoms with van der Waals surface area (Å²) in [6.07, 6.45) is 0. The summed E-state index contributed by atoms with van der Waals surface area (Å²) < 4.78 is 12.5. The van der Waals surface area contributed by atoms with Gasteiger partial charge in [-0.05, 0) is 37.3 Å². The second-order valence-electron chi connectivity index (χ2n) is 6.27. The molecule has 2 N–H and O–H groups in total. The van der Waals surface area contributed by atoms with Gasteiger partial charge in [0, 0.05) is 12.2 Å². The lowest BCUT2D eigenvalue weighted by Gasteiger charge is -2.05. The number of ether oxygens (including phenoxy) is 1. The van der Waals surface area contributed by atoms with Crippen molar-refractivity contribution >= 4 is 28.0 Å². The maximum atomic E-state index is 12.5. The van der Waals surface area contributed by atoms with Crippen LogP contribution in [-0.4, -0.2) is 33.7 Å². The molecule has 0 fully saturated rings. The molecule has 8 heteroatoms. The second-order valence-corrected chi connectivity index (χ2v) is 6.27. The van der Waals surface area contributed by atoms with Crippen molar-refractivity contribution < 1.29 is 13.9 Å². The summed E-state index contributed by atoms with van der Waals surface area (Å²) in [5, 5.41) is 2.79. The number of benzene rings is 2. The standard InChI is InChI=1S/C20H20N4O4/c1-2-27-10-9-24-16-8-7-13(11-15(16)23-20(24)26)19(25)21-12-18-22-14-5-3-4-6-17(14)28-18/h3-8,11H,2,9-10,12H2,1H3,(H,21,25)(H,23,26). The number of carbonyl (C=O) groups excluding carboxylic acids is 1. The fourth-order valence-electron chi connectivity index (χ4n) is 3.08. The van der Waals surface area contributed by atoms with Crippen LogP contribution in [0.4, 0.5) is 0 Å². The lowest BCUT2D eigenvalue weighted by molar-refractivity contribution is 0.0947. The van der Waals surface area contributed by atoms with Crippen LogP contribution in [-0.2, 0) is 17.8 Å². The van der Waals surface area contributed by atoms with E-state index in [1.807, 2.05) is 31.2 Å². The first-order valence-corrected chi connectivity index (χ1v) is 9.08. The van der Waals surface area contributed by atoms with Crippen molar-refractivity contribution in [3.63, 3.8) is 0 Å². The minimum atomic E-state index is -0.271. The summed E-state index contributed by atoms with van der Waals surface area (Å²) in [6, 6.07) is 12.5. The first kappa shape index (κ1) is 18.0. The average Bonchev–Trinajstić information content (AvgIpc) is 3.26. The number of nitrogens with one attached hydrogen (secondary N) is 2. The quantitative estimate of drug-likeness (QED) is 0.480. The van der Waals surface area contributed by atoms with Crippen LogP contribution in [0.15, 0.2) is 51.7 Å². The largest absolute Gasteiger partial charge is 0.439 e. The Kier molecular flexibility index (Phi) is 4.94. The second kappa shape index (κ2) is 7.69. The number of carbonyl (C=O) groups is 1. The fourth-order valence-corrected chi connectivity index (χ4v) is 3.08. The van der Waals surface area contributed by atoms with E-state index in [2.05, 4.69) is 15.3 Å². The molecular weight excluding hydrogens is 360 g/mol. The molecule has 144 valence electrons. The summed E-state index contributed by atoms with van der Waals surface area (Å²) in [6.45, 7) is 3.59. The predicted octanol–water partition coefficient (Wildman–Crippen LogP) is 2.44. The Morgan fingerprint density at radius 2 is 2.14 bits per heavy atom. The van der Waals surface area contributed by atoms with Crippen LogP contribution in [0.5, 0.6) is 0 Å². The molecule has 0 radical (unpaired) electrons. The Bertz CT molecular complexity index is 1150. The Morgan fingerprint density at radius 3 is 2.96 bits per heavy atom. The molecule has 2 aromatic carbocycles. The number of oxazole rings is 1. The summed E-state index contributed by atoms with van der Waals surface area (Å²) in [5.74, 6) is 0.165. The predicted molar refractivity (Wildman–Crippen MR) is 104 cm³/mol. The molecule has 0 unspecified atom stereocenters. The van der Waals surface area contributed by atoms with Gasteiger partial charge in [-0.15, -0.1) is 0 Å². The number of rotatable bonds is 7. The summed E-state index contributed by atoms with van der Waals surface area (Å²) in [5.41, 5.74) is 3.00. The van der Waals surface area contributed by atoms with Gasteiger partial charge in [0.1, 0.15) is 5.52 Å². The van der Waals surface area contributed by atoms with E-state index in [0.717, 1.165) is 11.0 Å². The van der Waals surface area contributed by atoms with E-state index in [-0.39, 0.29) is 18.1 Å². The molecule has 28 heavy (non-hydrogen) atoms. The lowest BCUT2D eigenvalue weighted by Crippen LogP contribution is -2.22. The van der Waals surface area contributed by atoms with Gasteiger partial charge in [-0.1, -0.05) is 12.1 Å². The van der Waals surface area contributed by atoms with Crippen LogP contribution in [0.3, 0.4) is 0 Å². The van der Waals surface area contributed by atoms with Crippen LogP contribution >= 0.6 is 0 Å². The van der Waals surface area contributed by atoms with Crippen molar-refractivity contribution in [1.29, 1.82) is 0 Å². The van der Waals surface area contributed by atoms with E-state index in [4.69, 9.17) is 9.15 Å². The van der Waals surface area contributed by atoms with Crippen molar-refractivity contribution in [2.45, 2.75) is 20.0 Å². The zero-order chi connectivity index (χ0) is 19.5. The molecular formula is C20H20N4O4. The van der Waals surface area contributed by atoms with Gasteiger partial charge in [-0.2, -0.15) is 0 Å². The molecule has 2 aromatic heterocycles. The number of hydrogen-bond acceptors (Lipinski definition) is 5. The van der Waals surface area contributed by atoms with Gasteiger partial charge in [0.15, 0.2) is 5.58 Å². The third kappa shape index (κ3) is 3.54. The molecule has 8 nitrogen and oxygen atoms in total. The van der Waals surface area contributed by atoms with E-state index in [9.17, 15) is 9.59 Å². The Hall–Kier alpha value is -3.39. The van der Waals surface area contributed by atoms with Crippen LogP contribution < -0.4 is 11.0 Å². The highest BCUT2D eigenvalue weighted by Gasteiger charge is 2.12. The summed E-state index contributed by atoms with van der Waals surface area (Å²) in [4.78, 5) is 31.7. The topological polar surface area (TPSA) is 102 Å². The smallest absolute Gasteiger partial charge is 0.326 e. The summed E-state index contributed by atoms with van der Waals surface area (Å²) >= 11 is 0. The van der Waals surface area contributed by atoms with E-state index in [1.54, 1.807) is 22.8 Å². The number of aromatic nitrogens is 3. The third-order valence-electron chi connectivity index (χ3n) is 4.44. The van der Waals surface area contributed by atoms with Crippen molar-refractivity contribution in [3.8, 4) is 0 Å². The molecule has 1 amide bonds. The van der Waals surface area contributed by atoms with Gasteiger partial charge >= 0.3 is 5.69 Å². The first-order chi connectivity index (χ1) is 13.7. The number of amides is 1. The molecule has 0 aliphatic rings. The van der Waals surface area contributed by atoms with Crippen molar-refractivity contribution in [2.24, 2.45) is 0 Å². The lowest BCUT2D eigenvalue weighted by atomic mass is 10.2. The van der Waals surface area contributed by atoms with E-state index in [0.29, 0.717) is 42.3 Å². The normalized spacial score (nSPS) is 11.3. The number of hydrogen-bond donors (Lipinski definition) is 2. The van der Waals surface area contributed by atoms with Gasteiger partial charge in [0.05, 0.1) is 30.7 Å². The van der Waals surface area contributed by atoms with Gasteiger partial charge < -0.3 is 19.5 Å². The highest BCUT2D eigenvalue weighted by atomic mass is 16.5. The zero-order valence-electron chi connectivity index (χ0n) is 15.4. The van der Waals surface area contributed by atoms with Crippen molar-refractivity contribution in [2.75, 3.05) is 13.2 Å². The molecule has 0 aliphatic carbocycles. The number of nitrogens with zero attached hydrogens (tertiary/aromatic N) is 2.